The van der Waals surface area contributed by atoms with Gasteiger partial charge in [-0.2, -0.15) is 0 Å². The molecule has 1 unspecified atom stereocenters. The van der Waals surface area contributed by atoms with Crippen LogP contribution in [0.1, 0.15) is 26.0 Å². The fourth-order valence-electron chi connectivity index (χ4n) is 1.51. The third-order valence-corrected chi connectivity index (χ3v) is 2.69. The first-order valence-electron chi connectivity index (χ1n) is 6.17. The molecule has 0 spiro atoms. The Morgan fingerprint density at radius 3 is 2.89 bits per heavy atom. The fourth-order valence-corrected chi connectivity index (χ4v) is 1.51. The molecule has 1 heterocycles. The molecule has 0 saturated carbocycles. The maximum Gasteiger partial charge on any atom is 0.129 e. The molecule has 5 nitrogen and oxygen atoms in total. The lowest BCUT2D eigenvalue weighted by Crippen LogP contribution is -2.45. The van der Waals surface area contributed by atoms with E-state index in [0.29, 0.717) is 19.6 Å². The number of ether oxygens (including phenoxy) is 1. The van der Waals surface area contributed by atoms with Gasteiger partial charge in [-0.15, -0.1) is 0 Å². The summed E-state index contributed by atoms with van der Waals surface area (Å²) >= 11 is 0. The molecular formula is C13H23NO4. The van der Waals surface area contributed by atoms with Crippen LogP contribution in [0.2, 0.25) is 0 Å². The van der Waals surface area contributed by atoms with E-state index in [1.165, 1.54) is 0 Å². The molecule has 0 aliphatic rings. The molecule has 0 bridgehead atoms. The van der Waals surface area contributed by atoms with Crippen molar-refractivity contribution in [1.82, 2.24) is 5.32 Å². The zero-order chi connectivity index (χ0) is 13.4. The van der Waals surface area contributed by atoms with Crippen LogP contribution in [-0.2, 0) is 11.3 Å². The summed E-state index contributed by atoms with van der Waals surface area (Å²) in [4.78, 5) is 0. The minimum Gasteiger partial charge on any atom is -0.467 e. The molecule has 0 fully saturated rings. The summed E-state index contributed by atoms with van der Waals surface area (Å²) in [5, 5.41) is 21.8. The van der Waals surface area contributed by atoms with Crippen molar-refractivity contribution in [2.24, 2.45) is 0 Å². The average Bonchev–Trinajstić information content (AvgIpc) is 2.79. The molecule has 18 heavy (non-hydrogen) atoms. The molecule has 5 heteroatoms. The SMILES string of the molecule is CC(C)(CCO)NCC(O)COCc1ccco1. The lowest BCUT2D eigenvalue weighted by molar-refractivity contribution is 0.0191. The van der Waals surface area contributed by atoms with Crippen molar-refractivity contribution in [3.63, 3.8) is 0 Å². The van der Waals surface area contributed by atoms with Gasteiger partial charge in [0.1, 0.15) is 12.4 Å². The largest absolute Gasteiger partial charge is 0.467 e. The minimum absolute atomic E-state index is 0.130. The van der Waals surface area contributed by atoms with E-state index in [2.05, 4.69) is 5.32 Å². The second-order valence-corrected chi connectivity index (χ2v) is 4.99. The van der Waals surface area contributed by atoms with E-state index in [-0.39, 0.29) is 18.8 Å². The Bertz CT molecular complexity index is 311. The summed E-state index contributed by atoms with van der Waals surface area (Å²) in [5.74, 6) is 0.746. The van der Waals surface area contributed by atoms with Gasteiger partial charge < -0.3 is 24.7 Å². The molecule has 0 radical (unpaired) electrons. The van der Waals surface area contributed by atoms with E-state index in [0.717, 1.165) is 5.76 Å². The molecule has 0 amide bonds. The van der Waals surface area contributed by atoms with Gasteiger partial charge in [0.05, 0.1) is 19.0 Å². The summed E-state index contributed by atoms with van der Waals surface area (Å²) in [6.45, 7) is 5.16. The van der Waals surface area contributed by atoms with Crippen LogP contribution in [0.15, 0.2) is 22.8 Å². The monoisotopic (exact) mass is 257 g/mol. The average molecular weight is 257 g/mol. The van der Waals surface area contributed by atoms with Gasteiger partial charge in [0, 0.05) is 18.7 Å². The maximum absolute atomic E-state index is 9.73. The van der Waals surface area contributed by atoms with Crippen LogP contribution in [0.5, 0.6) is 0 Å². The summed E-state index contributed by atoms with van der Waals surface area (Å²) in [6.07, 6.45) is 1.67. The first-order valence-corrected chi connectivity index (χ1v) is 6.17. The number of β-amino-alcohol motifs (C(OH)–C–C–N with tert-alkyl or cyclic N) is 1. The lowest BCUT2D eigenvalue weighted by Gasteiger charge is -2.26. The number of aliphatic hydroxyl groups is 2. The van der Waals surface area contributed by atoms with Crippen molar-refractivity contribution in [2.45, 2.75) is 38.5 Å². The highest BCUT2D eigenvalue weighted by Crippen LogP contribution is 2.07. The molecule has 0 aliphatic heterocycles. The van der Waals surface area contributed by atoms with Gasteiger partial charge >= 0.3 is 0 Å². The third kappa shape index (κ3) is 6.16. The van der Waals surface area contributed by atoms with Gasteiger partial charge in [-0.3, -0.25) is 0 Å². The van der Waals surface area contributed by atoms with Crippen molar-refractivity contribution >= 4 is 0 Å². The van der Waals surface area contributed by atoms with E-state index in [9.17, 15) is 5.11 Å². The van der Waals surface area contributed by atoms with Gasteiger partial charge in [-0.1, -0.05) is 0 Å². The van der Waals surface area contributed by atoms with Gasteiger partial charge in [0.2, 0.25) is 0 Å². The standard InChI is InChI=1S/C13H23NO4/c1-13(2,5-6-15)14-8-11(16)9-17-10-12-4-3-7-18-12/h3-4,7,11,14-16H,5-6,8-10H2,1-2H3. The quantitative estimate of drug-likeness (QED) is 0.613. The Labute approximate surface area is 108 Å². The first kappa shape index (κ1) is 15.2. The molecule has 1 aromatic heterocycles. The fraction of sp³-hybridized carbons (Fsp3) is 0.692. The first-order chi connectivity index (χ1) is 8.53. The highest BCUT2D eigenvalue weighted by molar-refractivity contribution is 4.96. The number of hydrogen-bond acceptors (Lipinski definition) is 5. The van der Waals surface area contributed by atoms with Gasteiger partial charge in [-0.05, 0) is 32.4 Å². The zero-order valence-electron chi connectivity index (χ0n) is 11.1. The number of rotatable bonds is 9. The molecule has 0 aliphatic carbocycles. The third-order valence-electron chi connectivity index (χ3n) is 2.69. The second kappa shape index (κ2) is 7.53. The Balaban J connectivity index is 2.12. The Morgan fingerprint density at radius 1 is 1.50 bits per heavy atom. The van der Waals surface area contributed by atoms with E-state index >= 15 is 0 Å². The smallest absolute Gasteiger partial charge is 0.129 e. The molecular weight excluding hydrogens is 234 g/mol. The minimum atomic E-state index is -0.571. The van der Waals surface area contributed by atoms with Crippen molar-refractivity contribution in [2.75, 3.05) is 19.8 Å². The summed E-state index contributed by atoms with van der Waals surface area (Å²) in [6, 6.07) is 3.63. The number of aliphatic hydroxyl groups excluding tert-OH is 2. The predicted molar refractivity (Wildman–Crippen MR) is 68.2 cm³/mol. The molecule has 0 aromatic carbocycles. The zero-order valence-corrected chi connectivity index (χ0v) is 11.1. The Hall–Kier alpha value is -0.880. The predicted octanol–water partition coefficient (Wildman–Crippen LogP) is 0.908. The van der Waals surface area contributed by atoms with Gasteiger partial charge in [0.25, 0.3) is 0 Å². The van der Waals surface area contributed by atoms with Crippen LogP contribution >= 0.6 is 0 Å². The van der Waals surface area contributed by atoms with Crippen molar-refractivity contribution in [1.29, 1.82) is 0 Å². The highest BCUT2D eigenvalue weighted by Gasteiger charge is 2.17. The summed E-state index contributed by atoms with van der Waals surface area (Å²) in [7, 11) is 0. The highest BCUT2D eigenvalue weighted by atomic mass is 16.5. The lowest BCUT2D eigenvalue weighted by atomic mass is 10.0. The van der Waals surface area contributed by atoms with Crippen LogP contribution in [0.3, 0.4) is 0 Å². The molecule has 104 valence electrons. The van der Waals surface area contributed by atoms with Crippen molar-refractivity contribution in [3.05, 3.63) is 24.2 Å². The van der Waals surface area contributed by atoms with E-state index < -0.39 is 6.10 Å². The topological polar surface area (TPSA) is 74.9 Å². The van der Waals surface area contributed by atoms with Crippen LogP contribution in [0.4, 0.5) is 0 Å². The normalized spacial score (nSPS) is 13.8. The van der Waals surface area contributed by atoms with Crippen LogP contribution in [0, 0.1) is 0 Å². The van der Waals surface area contributed by atoms with Crippen molar-refractivity contribution in [3.8, 4) is 0 Å². The van der Waals surface area contributed by atoms with Gasteiger partial charge in [0.15, 0.2) is 0 Å². The Morgan fingerprint density at radius 2 is 2.28 bits per heavy atom. The number of nitrogens with one attached hydrogen (secondary N) is 1. The maximum atomic E-state index is 9.73. The van der Waals surface area contributed by atoms with Crippen molar-refractivity contribution < 1.29 is 19.4 Å². The number of hydrogen-bond donors (Lipinski definition) is 3. The molecule has 1 rings (SSSR count). The molecule has 0 saturated heterocycles. The molecule has 3 N–H and O–H groups in total. The van der Waals surface area contributed by atoms with E-state index in [1.54, 1.807) is 12.3 Å². The second-order valence-electron chi connectivity index (χ2n) is 4.99. The van der Waals surface area contributed by atoms with E-state index in [4.69, 9.17) is 14.3 Å². The van der Waals surface area contributed by atoms with Crippen LogP contribution < -0.4 is 5.32 Å². The van der Waals surface area contributed by atoms with Gasteiger partial charge in [-0.25, -0.2) is 0 Å². The summed E-state index contributed by atoms with van der Waals surface area (Å²) < 4.78 is 10.4. The molecule has 1 atom stereocenters. The molecule has 1 aromatic rings. The van der Waals surface area contributed by atoms with Crippen LogP contribution in [-0.4, -0.2) is 41.6 Å². The Kier molecular flexibility index (Phi) is 6.35. The van der Waals surface area contributed by atoms with Crippen LogP contribution in [0.25, 0.3) is 0 Å². The van der Waals surface area contributed by atoms with E-state index in [1.807, 2.05) is 19.9 Å². The summed E-state index contributed by atoms with van der Waals surface area (Å²) in [5.41, 5.74) is -0.184. The number of furan rings is 1.